The molecule has 1 nitrogen and oxygen atoms in total. The van der Waals surface area contributed by atoms with Crippen molar-refractivity contribution in [3.63, 3.8) is 0 Å². The molecule has 2 rings (SSSR count). The van der Waals surface area contributed by atoms with Crippen molar-refractivity contribution in [1.29, 1.82) is 0 Å². The summed E-state index contributed by atoms with van der Waals surface area (Å²) < 4.78 is 53.7. The number of benzene rings is 1. The molecule has 1 atom stereocenters. The van der Waals surface area contributed by atoms with E-state index in [4.69, 9.17) is 0 Å². The third-order valence-electron chi connectivity index (χ3n) is 3.11. The molecule has 17 heavy (non-hydrogen) atoms. The van der Waals surface area contributed by atoms with E-state index in [1.54, 1.807) is 0 Å². The Hall–Kier alpha value is -1.10. The Morgan fingerprint density at radius 1 is 1.18 bits per heavy atom. The van der Waals surface area contributed by atoms with Gasteiger partial charge in [0.15, 0.2) is 11.6 Å². The number of nitrogens with one attached hydrogen (secondary N) is 1. The van der Waals surface area contributed by atoms with Crippen LogP contribution in [0.25, 0.3) is 0 Å². The van der Waals surface area contributed by atoms with E-state index < -0.39 is 29.0 Å². The Labute approximate surface area is 96.8 Å². The van der Waals surface area contributed by atoms with Crippen LogP contribution in [0.1, 0.15) is 18.4 Å². The van der Waals surface area contributed by atoms with Crippen LogP contribution in [0.2, 0.25) is 0 Å². The number of alkyl halides is 2. The lowest BCUT2D eigenvalue weighted by atomic mass is 9.88. The van der Waals surface area contributed by atoms with Crippen molar-refractivity contribution in [2.75, 3.05) is 13.1 Å². The molecule has 0 amide bonds. The van der Waals surface area contributed by atoms with Crippen molar-refractivity contribution < 1.29 is 17.6 Å². The highest BCUT2D eigenvalue weighted by atomic mass is 19.3. The molecule has 0 aliphatic carbocycles. The zero-order chi connectivity index (χ0) is 12.5. The van der Waals surface area contributed by atoms with Crippen LogP contribution < -0.4 is 5.32 Å². The maximum Gasteiger partial charge on any atom is 0.277 e. The van der Waals surface area contributed by atoms with Crippen molar-refractivity contribution in [3.05, 3.63) is 35.4 Å². The minimum absolute atomic E-state index is 0.200. The van der Waals surface area contributed by atoms with Crippen LogP contribution in [0.4, 0.5) is 17.6 Å². The fraction of sp³-hybridized carbons (Fsp3) is 0.500. The Bertz CT molecular complexity index is 399. The third kappa shape index (κ3) is 2.44. The Morgan fingerprint density at radius 3 is 2.53 bits per heavy atom. The molecule has 94 valence electrons. The normalized spacial score (nSPS) is 21.5. The van der Waals surface area contributed by atoms with Crippen LogP contribution in [-0.2, 0) is 5.92 Å². The second-order valence-corrected chi connectivity index (χ2v) is 4.30. The van der Waals surface area contributed by atoms with Gasteiger partial charge in [-0.25, -0.2) is 17.6 Å². The van der Waals surface area contributed by atoms with Crippen LogP contribution in [0, 0.1) is 17.6 Å². The SMILES string of the molecule is Fc1ccc(C(F)(F)C2CCCNC2)cc1F. The van der Waals surface area contributed by atoms with Crippen LogP contribution in [0.15, 0.2) is 18.2 Å². The van der Waals surface area contributed by atoms with Gasteiger partial charge in [-0.05, 0) is 37.6 Å². The molecular weight excluding hydrogens is 234 g/mol. The summed E-state index contributed by atoms with van der Waals surface area (Å²) in [5.74, 6) is -6.32. The van der Waals surface area contributed by atoms with Crippen LogP contribution in [-0.4, -0.2) is 13.1 Å². The first-order valence-corrected chi connectivity index (χ1v) is 5.56. The largest absolute Gasteiger partial charge is 0.316 e. The van der Waals surface area contributed by atoms with Gasteiger partial charge in [0.2, 0.25) is 0 Å². The Balaban J connectivity index is 2.26. The lowest BCUT2D eigenvalue weighted by Gasteiger charge is -2.30. The lowest BCUT2D eigenvalue weighted by molar-refractivity contribution is -0.0727. The fourth-order valence-corrected chi connectivity index (χ4v) is 2.10. The fourth-order valence-electron chi connectivity index (χ4n) is 2.10. The van der Waals surface area contributed by atoms with Crippen molar-refractivity contribution in [2.24, 2.45) is 5.92 Å². The molecule has 5 heteroatoms. The average Bonchev–Trinajstić information content (AvgIpc) is 2.33. The maximum atomic E-state index is 14.0. The molecule has 0 bridgehead atoms. The first kappa shape index (κ1) is 12.4. The number of halogens is 4. The topological polar surface area (TPSA) is 12.0 Å². The second-order valence-electron chi connectivity index (χ2n) is 4.30. The molecule has 0 aromatic heterocycles. The van der Waals surface area contributed by atoms with E-state index in [0.29, 0.717) is 18.9 Å². The van der Waals surface area contributed by atoms with E-state index in [-0.39, 0.29) is 6.54 Å². The molecule has 1 aliphatic heterocycles. The predicted octanol–water partition coefficient (Wildman–Crippen LogP) is 3.06. The number of piperidine rings is 1. The lowest BCUT2D eigenvalue weighted by Crippen LogP contribution is -2.39. The Morgan fingerprint density at radius 2 is 1.94 bits per heavy atom. The summed E-state index contributed by atoms with van der Waals surface area (Å²) in [6, 6.07) is 2.28. The van der Waals surface area contributed by atoms with E-state index in [1.807, 2.05) is 0 Å². The molecule has 0 saturated carbocycles. The van der Waals surface area contributed by atoms with Crippen LogP contribution in [0.3, 0.4) is 0 Å². The molecule has 0 spiro atoms. The number of hydrogen-bond acceptors (Lipinski definition) is 1. The van der Waals surface area contributed by atoms with Gasteiger partial charge in [-0.3, -0.25) is 0 Å². The van der Waals surface area contributed by atoms with Crippen molar-refractivity contribution >= 4 is 0 Å². The minimum Gasteiger partial charge on any atom is -0.316 e. The highest BCUT2D eigenvalue weighted by Gasteiger charge is 2.41. The standard InChI is InChI=1S/C12H13F4N/c13-10-4-3-8(6-11(10)14)12(15,16)9-2-1-5-17-7-9/h3-4,6,9,17H,1-2,5,7H2. The van der Waals surface area contributed by atoms with Gasteiger partial charge >= 0.3 is 0 Å². The van der Waals surface area contributed by atoms with Gasteiger partial charge in [-0.2, -0.15) is 0 Å². The van der Waals surface area contributed by atoms with E-state index in [1.165, 1.54) is 0 Å². The maximum absolute atomic E-state index is 14.0. The van der Waals surface area contributed by atoms with Gasteiger partial charge < -0.3 is 5.32 Å². The van der Waals surface area contributed by atoms with Gasteiger partial charge in [-0.1, -0.05) is 0 Å². The average molecular weight is 247 g/mol. The first-order valence-electron chi connectivity index (χ1n) is 5.56. The van der Waals surface area contributed by atoms with E-state index >= 15 is 0 Å². The number of hydrogen-bond donors (Lipinski definition) is 1. The molecule has 1 heterocycles. The van der Waals surface area contributed by atoms with E-state index in [9.17, 15) is 17.6 Å². The van der Waals surface area contributed by atoms with Crippen molar-refractivity contribution in [3.8, 4) is 0 Å². The summed E-state index contributed by atoms with van der Waals surface area (Å²) in [5.41, 5.74) is -0.454. The molecule has 1 aromatic rings. The summed E-state index contributed by atoms with van der Waals surface area (Å²) in [5, 5.41) is 2.89. The molecular formula is C12H13F4N. The summed E-state index contributed by atoms with van der Waals surface area (Å²) in [6.07, 6.45) is 1.06. The summed E-state index contributed by atoms with van der Waals surface area (Å²) in [4.78, 5) is 0. The molecule has 1 aromatic carbocycles. The summed E-state index contributed by atoms with van der Waals surface area (Å²) in [6.45, 7) is 0.927. The van der Waals surface area contributed by atoms with Gasteiger partial charge in [0.05, 0.1) is 0 Å². The van der Waals surface area contributed by atoms with Gasteiger partial charge in [0.1, 0.15) is 0 Å². The van der Waals surface area contributed by atoms with Crippen molar-refractivity contribution in [2.45, 2.75) is 18.8 Å². The molecule has 1 N–H and O–H groups in total. The predicted molar refractivity (Wildman–Crippen MR) is 55.8 cm³/mol. The third-order valence-corrected chi connectivity index (χ3v) is 3.11. The smallest absolute Gasteiger partial charge is 0.277 e. The van der Waals surface area contributed by atoms with E-state index in [0.717, 1.165) is 18.7 Å². The monoisotopic (exact) mass is 247 g/mol. The molecule has 1 unspecified atom stereocenters. The number of rotatable bonds is 2. The highest BCUT2D eigenvalue weighted by Crippen LogP contribution is 2.39. The highest BCUT2D eigenvalue weighted by molar-refractivity contribution is 5.23. The van der Waals surface area contributed by atoms with Crippen LogP contribution in [0.5, 0.6) is 0 Å². The van der Waals surface area contributed by atoms with Gasteiger partial charge in [-0.15, -0.1) is 0 Å². The zero-order valence-electron chi connectivity index (χ0n) is 9.15. The van der Waals surface area contributed by atoms with Gasteiger partial charge in [0.25, 0.3) is 5.92 Å². The molecule has 1 saturated heterocycles. The summed E-state index contributed by atoms with van der Waals surface area (Å²) >= 11 is 0. The zero-order valence-corrected chi connectivity index (χ0v) is 9.15. The quantitative estimate of drug-likeness (QED) is 0.792. The van der Waals surface area contributed by atoms with Gasteiger partial charge in [0, 0.05) is 18.0 Å². The minimum atomic E-state index is -3.12. The van der Waals surface area contributed by atoms with Crippen LogP contribution >= 0.6 is 0 Å². The summed E-state index contributed by atoms with van der Waals surface area (Å²) in [7, 11) is 0. The Kier molecular flexibility index (Phi) is 3.38. The molecule has 1 fully saturated rings. The second kappa shape index (κ2) is 4.64. The molecule has 0 radical (unpaired) electrons. The molecule has 1 aliphatic rings. The van der Waals surface area contributed by atoms with E-state index in [2.05, 4.69) is 5.32 Å². The first-order chi connectivity index (χ1) is 8.01. The van der Waals surface area contributed by atoms with Crippen molar-refractivity contribution in [1.82, 2.24) is 5.32 Å².